The van der Waals surface area contributed by atoms with Crippen LogP contribution in [-0.4, -0.2) is 42.6 Å². The van der Waals surface area contributed by atoms with Gasteiger partial charge in [-0.1, -0.05) is 42.8 Å². The second-order valence-electron chi connectivity index (χ2n) is 7.27. The zero-order valence-electron chi connectivity index (χ0n) is 15.8. The third-order valence-corrected chi connectivity index (χ3v) is 5.33. The molecular formula is C22H25N3O3. The summed E-state index contributed by atoms with van der Waals surface area (Å²) < 4.78 is 5.00. The van der Waals surface area contributed by atoms with Gasteiger partial charge in [-0.05, 0) is 43.1 Å². The fourth-order valence-corrected chi connectivity index (χ4v) is 3.90. The Kier molecular flexibility index (Phi) is 5.58. The van der Waals surface area contributed by atoms with E-state index < -0.39 is 0 Å². The highest BCUT2D eigenvalue weighted by atomic mass is 16.6. The van der Waals surface area contributed by atoms with Crippen molar-refractivity contribution in [2.75, 3.05) is 29.9 Å². The molecule has 2 amide bonds. The predicted octanol–water partition coefficient (Wildman–Crippen LogP) is 3.64. The van der Waals surface area contributed by atoms with Gasteiger partial charge in [-0.25, -0.2) is 4.79 Å². The van der Waals surface area contributed by atoms with Crippen molar-refractivity contribution in [3.05, 3.63) is 60.2 Å². The molecule has 2 aliphatic rings. The zero-order valence-corrected chi connectivity index (χ0v) is 15.8. The SMILES string of the molecule is O=C(Nc1cccc(N2CCOC2=O)c1)C1CCCCN1Cc1ccccc1. The van der Waals surface area contributed by atoms with Crippen LogP contribution in [0, 0.1) is 0 Å². The van der Waals surface area contributed by atoms with Gasteiger partial charge in [0.25, 0.3) is 0 Å². The van der Waals surface area contributed by atoms with E-state index in [1.807, 2.05) is 42.5 Å². The van der Waals surface area contributed by atoms with Crippen molar-refractivity contribution in [1.29, 1.82) is 0 Å². The Hall–Kier alpha value is -2.86. The number of benzene rings is 2. The second-order valence-corrected chi connectivity index (χ2v) is 7.27. The lowest BCUT2D eigenvalue weighted by molar-refractivity contribution is -0.122. The molecule has 2 heterocycles. The molecule has 1 N–H and O–H groups in total. The Bertz CT molecular complexity index is 840. The van der Waals surface area contributed by atoms with Gasteiger partial charge >= 0.3 is 6.09 Å². The molecule has 2 aliphatic heterocycles. The van der Waals surface area contributed by atoms with Gasteiger partial charge in [-0.15, -0.1) is 0 Å². The highest BCUT2D eigenvalue weighted by Crippen LogP contribution is 2.25. The molecule has 0 saturated carbocycles. The number of amides is 2. The Morgan fingerprint density at radius 3 is 2.71 bits per heavy atom. The average Bonchev–Trinajstić information content (AvgIpc) is 3.15. The van der Waals surface area contributed by atoms with Crippen LogP contribution >= 0.6 is 0 Å². The van der Waals surface area contributed by atoms with Crippen LogP contribution in [0.3, 0.4) is 0 Å². The Morgan fingerprint density at radius 1 is 1.07 bits per heavy atom. The number of nitrogens with one attached hydrogen (secondary N) is 1. The molecule has 28 heavy (non-hydrogen) atoms. The monoisotopic (exact) mass is 379 g/mol. The summed E-state index contributed by atoms with van der Waals surface area (Å²) in [7, 11) is 0. The first kappa shape index (κ1) is 18.5. The standard InChI is InChI=1S/C22H25N3O3/c26-21(20-11-4-5-12-24(20)16-17-7-2-1-3-8-17)23-18-9-6-10-19(15-18)25-13-14-28-22(25)27/h1-3,6-10,15,20H,4-5,11-14,16H2,(H,23,26). The molecule has 2 fully saturated rings. The minimum Gasteiger partial charge on any atom is -0.447 e. The highest BCUT2D eigenvalue weighted by Gasteiger charge is 2.29. The summed E-state index contributed by atoms with van der Waals surface area (Å²) in [4.78, 5) is 28.6. The van der Waals surface area contributed by atoms with Crippen molar-refractivity contribution < 1.29 is 14.3 Å². The second kappa shape index (κ2) is 8.44. The smallest absolute Gasteiger partial charge is 0.414 e. The first-order chi connectivity index (χ1) is 13.7. The van der Waals surface area contributed by atoms with Crippen LogP contribution in [0.5, 0.6) is 0 Å². The largest absolute Gasteiger partial charge is 0.447 e. The molecular weight excluding hydrogens is 354 g/mol. The number of nitrogens with zero attached hydrogens (tertiary/aromatic N) is 2. The number of rotatable bonds is 5. The summed E-state index contributed by atoms with van der Waals surface area (Å²) in [5.41, 5.74) is 2.66. The van der Waals surface area contributed by atoms with Crippen LogP contribution in [0.15, 0.2) is 54.6 Å². The van der Waals surface area contributed by atoms with Gasteiger partial charge in [0.2, 0.25) is 5.91 Å². The lowest BCUT2D eigenvalue weighted by atomic mass is 10.00. The van der Waals surface area contributed by atoms with E-state index in [9.17, 15) is 9.59 Å². The number of carbonyl (C=O) groups is 2. The number of likely N-dealkylation sites (tertiary alicyclic amines) is 1. The fourth-order valence-electron chi connectivity index (χ4n) is 3.90. The average molecular weight is 379 g/mol. The number of hydrogen-bond acceptors (Lipinski definition) is 4. The number of carbonyl (C=O) groups excluding carboxylic acids is 2. The van der Waals surface area contributed by atoms with E-state index in [0.717, 1.165) is 38.0 Å². The number of anilines is 2. The number of cyclic esters (lactones) is 1. The molecule has 0 bridgehead atoms. The van der Waals surface area contributed by atoms with E-state index in [1.165, 1.54) is 5.56 Å². The maximum atomic E-state index is 13.0. The molecule has 2 aromatic rings. The highest BCUT2D eigenvalue weighted by molar-refractivity contribution is 5.96. The first-order valence-electron chi connectivity index (χ1n) is 9.84. The molecule has 0 aromatic heterocycles. The minimum absolute atomic E-state index is 0.0109. The lowest BCUT2D eigenvalue weighted by Gasteiger charge is -2.34. The van der Waals surface area contributed by atoms with Crippen molar-refractivity contribution >= 4 is 23.4 Å². The van der Waals surface area contributed by atoms with Crippen molar-refractivity contribution in [2.45, 2.75) is 31.8 Å². The van der Waals surface area contributed by atoms with Gasteiger partial charge in [0.05, 0.1) is 12.6 Å². The Balaban J connectivity index is 1.45. The number of hydrogen-bond donors (Lipinski definition) is 1. The normalized spacial score (nSPS) is 20.1. The predicted molar refractivity (Wildman–Crippen MR) is 108 cm³/mol. The van der Waals surface area contributed by atoms with Crippen LogP contribution in [0.4, 0.5) is 16.2 Å². The maximum absolute atomic E-state index is 13.0. The van der Waals surface area contributed by atoms with Crippen molar-refractivity contribution in [3.63, 3.8) is 0 Å². The molecule has 2 saturated heterocycles. The van der Waals surface area contributed by atoms with Crippen LogP contribution in [0.1, 0.15) is 24.8 Å². The third-order valence-electron chi connectivity index (χ3n) is 5.33. The Morgan fingerprint density at radius 2 is 1.93 bits per heavy atom. The number of piperidine rings is 1. The minimum atomic E-state index is -0.343. The summed E-state index contributed by atoms with van der Waals surface area (Å²) in [5.74, 6) is 0.0109. The summed E-state index contributed by atoms with van der Waals surface area (Å²) in [6.45, 7) is 2.63. The molecule has 1 unspecified atom stereocenters. The topological polar surface area (TPSA) is 61.9 Å². The van der Waals surface area contributed by atoms with Gasteiger partial charge in [-0.3, -0.25) is 14.6 Å². The maximum Gasteiger partial charge on any atom is 0.414 e. The Labute approximate surface area is 165 Å². The molecule has 4 rings (SSSR count). The summed E-state index contributed by atoms with van der Waals surface area (Å²) in [6.07, 6.45) is 2.69. The first-order valence-corrected chi connectivity index (χ1v) is 9.84. The summed E-state index contributed by atoms with van der Waals surface area (Å²) >= 11 is 0. The van der Waals surface area contributed by atoms with E-state index >= 15 is 0 Å². The van der Waals surface area contributed by atoms with E-state index in [1.54, 1.807) is 4.90 Å². The van der Waals surface area contributed by atoms with E-state index in [4.69, 9.17) is 4.74 Å². The quantitative estimate of drug-likeness (QED) is 0.862. The van der Waals surface area contributed by atoms with Gasteiger partial charge in [0.15, 0.2) is 0 Å². The molecule has 6 nitrogen and oxygen atoms in total. The summed E-state index contributed by atoms with van der Waals surface area (Å²) in [6, 6.07) is 17.5. The van der Waals surface area contributed by atoms with E-state index in [0.29, 0.717) is 18.8 Å². The van der Waals surface area contributed by atoms with Crippen LogP contribution < -0.4 is 10.2 Å². The van der Waals surface area contributed by atoms with Gasteiger partial charge in [0.1, 0.15) is 6.61 Å². The molecule has 6 heteroatoms. The van der Waals surface area contributed by atoms with Gasteiger partial charge in [-0.2, -0.15) is 0 Å². The van der Waals surface area contributed by atoms with Crippen LogP contribution in [0.25, 0.3) is 0 Å². The van der Waals surface area contributed by atoms with Crippen molar-refractivity contribution in [3.8, 4) is 0 Å². The van der Waals surface area contributed by atoms with Gasteiger partial charge in [0, 0.05) is 17.9 Å². The zero-order chi connectivity index (χ0) is 19.3. The van der Waals surface area contributed by atoms with E-state index in [-0.39, 0.29) is 18.0 Å². The molecule has 1 atom stereocenters. The molecule has 146 valence electrons. The molecule has 0 spiro atoms. The fraction of sp³-hybridized carbons (Fsp3) is 0.364. The molecule has 0 radical (unpaired) electrons. The lowest BCUT2D eigenvalue weighted by Crippen LogP contribution is -2.46. The van der Waals surface area contributed by atoms with Crippen molar-refractivity contribution in [1.82, 2.24) is 4.90 Å². The van der Waals surface area contributed by atoms with Crippen molar-refractivity contribution in [2.24, 2.45) is 0 Å². The van der Waals surface area contributed by atoms with E-state index in [2.05, 4.69) is 22.3 Å². The summed E-state index contributed by atoms with van der Waals surface area (Å²) in [5, 5.41) is 3.05. The van der Waals surface area contributed by atoms with Crippen LogP contribution in [-0.2, 0) is 16.1 Å². The number of ether oxygens (including phenoxy) is 1. The molecule has 0 aliphatic carbocycles. The molecule has 2 aromatic carbocycles. The van der Waals surface area contributed by atoms with Crippen LogP contribution in [0.2, 0.25) is 0 Å². The van der Waals surface area contributed by atoms with Gasteiger partial charge < -0.3 is 10.1 Å². The third kappa shape index (κ3) is 4.17.